The van der Waals surface area contributed by atoms with Crippen molar-refractivity contribution in [3.05, 3.63) is 0 Å². The first-order valence-corrected chi connectivity index (χ1v) is 12.1. The van der Waals surface area contributed by atoms with Crippen LogP contribution in [0.4, 0.5) is 4.79 Å². The van der Waals surface area contributed by atoms with E-state index in [1.165, 1.54) is 11.8 Å². The van der Waals surface area contributed by atoms with Crippen LogP contribution in [0, 0.1) is 11.8 Å². The number of thioether (sulfide) groups is 1. The number of nitrogens with one attached hydrogen (secondary N) is 4. The van der Waals surface area contributed by atoms with E-state index in [1.807, 2.05) is 0 Å². The molecule has 12 heteroatoms. The molecule has 5 unspecified atom stereocenters. The van der Waals surface area contributed by atoms with E-state index >= 15 is 0 Å². The van der Waals surface area contributed by atoms with Crippen molar-refractivity contribution < 1.29 is 23.9 Å². The molecule has 0 aromatic heterocycles. The van der Waals surface area contributed by atoms with Crippen molar-refractivity contribution in [3.63, 3.8) is 0 Å². The second-order valence-corrected chi connectivity index (χ2v) is 9.43. The molecule has 0 radical (unpaired) electrons. The van der Waals surface area contributed by atoms with Crippen molar-refractivity contribution in [1.82, 2.24) is 31.3 Å². The zero-order valence-electron chi connectivity index (χ0n) is 17.8. The van der Waals surface area contributed by atoms with Gasteiger partial charge in [-0.25, -0.2) is 9.80 Å². The van der Waals surface area contributed by atoms with Crippen LogP contribution in [-0.4, -0.2) is 104 Å². The third kappa shape index (κ3) is 5.32. The Labute approximate surface area is 186 Å². The van der Waals surface area contributed by atoms with Gasteiger partial charge in [0.15, 0.2) is 0 Å². The summed E-state index contributed by atoms with van der Waals surface area (Å²) in [6.07, 6.45) is 0.0406. The van der Waals surface area contributed by atoms with E-state index in [4.69, 9.17) is 9.47 Å². The fourth-order valence-corrected chi connectivity index (χ4v) is 5.99. The van der Waals surface area contributed by atoms with Crippen LogP contribution in [0.1, 0.15) is 13.3 Å². The number of fused-ring (bicyclic) bond motifs is 1. The van der Waals surface area contributed by atoms with Crippen molar-refractivity contribution in [1.29, 1.82) is 0 Å². The molecule has 4 aliphatic rings. The molecular formula is C19H32N6O5S. The molecule has 4 rings (SSSR count). The third-order valence-electron chi connectivity index (χ3n) is 6.29. The molecule has 174 valence electrons. The SMILES string of the molecule is CCOC(=O)NC(=O)C1CCSC1NC(=O)C1CNC2C(N3CCOCC3)CNN2C1. The molecule has 4 fully saturated rings. The summed E-state index contributed by atoms with van der Waals surface area (Å²) in [4.78, 5) is 39.4. The lowest BCUT2D eigenvalue weighted by Gasteiger charge is -2.40. The Morgan fingerprint density at radius 2 is 2.00 bits per heavy atom. The summed E-state index contributed by atoms with van der Waals surface area (Å²) in [5.41, 5.74) is 3.43. The van der Waals surface area contributed by atoms with Gasteiger partial charge in [0, 0.05) is 32.7 Å². The Kier molecular flexibility index (Phi) is 7.67. The molecule has 0 bridgehead atoms. The van der Waals surface area contributed by atoms with Crippen molar-refractivity contribution in [2.24, 2.45) is 11.8 Å². The quantitative estimate of drug-likeness (QED) is 0.389. The summed E-state index contributed by atoms with van der Waals surface area (Å²) in [5.74, 6) is -0.382. The topological polar surface area (TPSA) is 124 Å². The molecule has 0 aliphatic carbocycles. The normalized spacial score (nSPS) is 34.2. The van der Waals surface area contributed by atoms with E-state index in [-0.39, 0.29) is 30.0 Å². The van der Waals surface area contributed by atoms with Gasteiger partial charge >= 0.3 is 6.09 Å². The number of carbonyl (C=O) groups is 3. The number of imide groups is 1. The first-order chi connectivity index (χ1) is 15.1. The van der Waals surface area contributed by atoms with E-state index in [2.05, 4.69) is 31.3 Å². The van der Waals surface area contributed by atoms with Gasteiger partial charge in [-0.15, -0.1) is 11.8 Å². The summed E-state index contributed by atoms with van der Waals surface area (Å²) >= 11 is 1.54. The molecule has 0 saturated carbocycles. The standard InChI is InChI=1S/C19H32N6O5S/c1-2-30-19(28)23-17(27)13-3-8-31-18(13)22-16(26)12-9-20-15-14(10-21-25(15)11-12)24-4-6-29-7-5-24/h12-15,18,20-21H,2-11H2,1H3,(H,22,26)(H,23,27,28). The number of carbonyl (C=O) groups excluding carboxylic acids is 3. The fourth-order valence-electron chi connectivity index (χ4n) is 4.65. The first-order valence-electron chi connectivity index (χ1n) is 11.0. The van der Waals surface area contributed by atoms with Crippen molar-refractivity contribution in [2.75, 3.05) is 58.3 Å². The van der Waals surface area contributed by atoms with Gasteiger partial charge in [-0.3, -0.25) is 30.5 Å². The lowest BCUT2D eigenvalue weighted by atomic mass is 10.0. The number of rotatable bonds is 5. The van der Waals surface area contributed by atoms with Gasteiger partial charge in [0.05, 0.1) is 49.2 Å². The lowest BCUT2D eigenvalue weighted by molar-refractivity contribution is -0.129. The van der Waals surface area contributed by atoms with E-state index in [0.717, 1.165) is 38.6 Å². The molecule has 0 aromatic carbocycles. The Morgan fingerprint density at radius 3 is 2.77 bits per heavy atom. The van der Waals surface area contributed by atoms with Gasteiger partial charge in [-0.1, -0.05) is 0 Å². The number of alkyl carbamates (subject to hydrolysis) is 1. The van der Waals surface area contributed by atoms with Gasteiger partial charge in [-0.05, 0) is 19.1 Å². The van der Waals surface area contributed by atoms with Gasteiger partial charge in [0.1, 0.15) is 0 Å². The molecule has 11 nitrogen and oxygen atoms in total. The second kappa shape index (κ2) is 10.5. The average Bonchev–Trinajstić information content (AvgIpc) is 3.41. The fraction of sp³-hybridized carbons (Fsp3) is 0.842. The maximum absolute atomic E-state index is 12.9. The summed E-state index contributed by atoms with van der Waals surface area (Å²) in [7, 11) is 0. The Hall–Kier alpha value is -1.44. The van der Waals surface area contributed by atoms with Crippen LogP contribution in [0.15, 0.2) is 0 Å². The number of hydrogen-bond donors (Lipinski definition) is 4. The molecular weight excluding hydrogens is 424 g/mol. The number of amides is 3. The Balaban J connectivity index is 1.27. The van der Waals surface area contributed by atoms with Crippen molar-refractivity contribution >= 4 is 29.7 Å². The Bertz CT molecular complexity index is 678. The maximum Gasteiger partial charge on any atom is 0.413 e. The number of ether oxygens (including phenoxy) is 2. The highest BCUT2D eigenvalue weighted by Gasteiger charge is 2.44. The molecule has 3 amide bonds. The zero-order chi connectivity index (χ0) is 21.8. The minimum atomic E-state index is -0.744. The average molecular weight is 457 g/mol. The number of hydrogen-bond acceptors (Lipinski definition) is 10. The van der Waals surface area contributed by atoms with Crippen LogP contribution in [-0.2, 0) is 19.1 Å². The van der Waals surface area contributed by atoms with Gasteiger partial charge in [0.25, 0.3) is 0 Å². The minimum absolute atomic E-state index is 0.0732. The molecule has 31 heavy (non-hydrogen) atoms. The van der Waals surface area contributed by atoms with Crippen molar-refractivity contribution in [2.45, 2.75) is 30.9 Å². The highest BCUT2D eigenvalue weighted by atomic mass is 32.2. The summed E-state index contributed by atoms with van der Waals surface area (Å²) in [5, 5.41) is 10.6. The van der Waals surface area contributed by atoms with Crippen LogP contribution >= 0.6 is 11.8 Å². The summed E-state index contributed by atoms with van der Waals surface area (Å²) in [6, 6.07) is 0.356. The van der Waals surface area contributed by atoms with Crippen LogP contribution < -0.4 is 21.4 Å². The van der Waals surface area contributed by atoms with E-state index in [0.29, 0.717) is 25.6 Å². The molecule has 0 spiro atoms. The highest BCUT2D eigenvalue weighted by molar-refractivity contribution is 8.00. The van der Waals surface area contributed by atoms with Gasteiger partial charge in [0.2, 0.25) is 11.8 Å². The molecule has 4 saturated heterocycles. The smallest absolute Gasteiger partial charge is 0.413 e. The summed E-state index contributed by atoms with van der Waals surface area (Å²) < 4.78 is 10.2. The predicted molar refractivity (Wildman–Crippen MR) is 114 cm³/mol. The monoisotopic (exact) mass is 456 g/mol. The maximum atomic E-state index is 12.9. The van der Waals surface area contributed by atoms with E-state index in [9.17, 15) is 14.4 Å². The van der Waals surface area contributed by atoms with Gasteiger partial charge < -0.3 is 14.8 Å². The van der Waals surface area contributed by atoms with Gasteiger partial charge in [-0.2, -0.15) is 0 Å². The summed E-state index contributed by atoms with van der Waals surface area (Å²) in [6.45, 7) is 7.31. The Morgan fingerprint density at radius 1 is 1.19 bits per heavy atom. The number of morpholine rings is 1. The lowest BCUT2D eigenvalue weighted by Crippen LogP contribution is -2.63. The second-order valence-electron chi connectivity index (χ2n) is 8.19. The largest absolute Gasteiger partial charge is 0.450 e. The van der Waals surface area contributed by atoms with Crippen LogP contribution in [0.2, 0.25) is 0 Å². The van der Waals surface area contributed by atoms with Crippen LogP contribution in [0.25, 0.3) is 0 Å². The van der Waals surface area contributed by atoms with E-state index in [1.54, 1.807) is 6.92 Å². The van der Waals surface area contributed by atoms with Crippen LogP contribution in [0.5, 0.6) is 0 Å². The highest BCUT2D eigenvalue weighted by Crippen LogP contribution is 2.31. The first kappa shape index (κ1) is 22.7. The molecule has 4 N–H and O–H groups in total. The molecule has 4 heterocycles. The molecule has 4 aliphatic heterocycles. The van der Waals surface area contributed by atoms with Crippen molar-refractivity contribution in [3.8, 4) is 0 Å². The van der Waals surface area contributed by atoms with Crippen LogP contribution in [0.3, 0.4) is 0 Å². The van der Waals surface area contributed by atoms with E-state index < -0.39 is 17.9 Å². The predicted octanol–water partition coefficient (Wildman–Crippen LogP) is -1.48. The molecule has 5 atom stereocenters. The number of nitrogens with zero attached hydrogens (tertiary/aromatic N) is 2. The number of hydrazine groups is 1. The molecule has 0 aromatic rings. The minimum Gasteiger partial charge on any atom is -0.450 e. The third-order valence-corrected chi connectivity index (χ3v) is 7.57. The zero-order valence-corrected chi connectivity index (χ0v) is 18.6.